The Kier molecular flexibility index (Phi) is 7.65. The number of nitrogens with one attached hydrogen (secondary N) is 1. The Balaban J connectivity index is 1.41. The largest absolute Gasteiger partial charge is 0.491 e. The van der Waals surface area contributed by atoms with Gasteiger partial charge in [-0.3, -0.25) is 9.59 Å². The topological polar surface area (TPSA) is 98.5 Å². The summed E-state index contributed by atoms with van der Waals surface area (Å²) < 4.78 is 8.04. The number of piperidine rings is 1. The van der Waals surface area contributed by atoms with Crippen molar-refractivity contribution >= 4 is 40.7 Å². The minimum absolute atomic E-state index is 0.0196. The second-order valence-electron chi connectivity index (χ2n) is 11.3. The Morgan fingerprint density at radius 1 is 1.07 bits per heavy atom. The highest BCUT2D eigenvalue weighted by Crippen LogP contribution is 2.35. The van der Waals surface area contributed by atoms with Gasteiger partial charge in [-0.25, -0.2) is 4.98 Å². The van der Waals surface area contributed by atoms with E-state index in [1.807, 2.05) is 15.5 Å². The molecule has 41 heavy (non-hydrogen) atoms. The van der Waals surface area contributed by atoms with Gasteiger partial charge in [-0.2, -0.15) is 9.61 Å². The van der Waals surface area contributed by atoms with Gasteiger partial charge in [0.05, 0.1) is 23.3 Å². The van der Waals surface area contributed by atoms with Crippen LogP contribution in [0, 0.1) is 0 Å². The third-order valence-corrected chi connectivity index (χ3v) is 8.48. The molecule has 0 saturated carbocycles. The van der Waals surface area contributed by atoms with E-state index in [2.05, 4.69) is 40.2 Å². The maximum Gasteiger partial charge on any atom is 0.258 e. The molecule has 2 bridgehead atoms. The minimum atomic E-state index is -0.182. The summed E-state index contributed by atoms with van der Waals surface area (Å²) in [5.41, 5.74) is 2.05. The van der Waals surface area contributed by atoms with Crippen LogP contribution in [-0.2, 0) is 4.79 Å². The Bertz CT molecular complexity index is 1460. The van der Waals surface area contributed by atoms with Crippen molar-refractivity contribution in [2.75, 3.05) is 69.8 Å². The Labute approximate surface area is 245 Å². The number of hydrogen-bond donors (Lipinski definition) is 1. The zero-order chi connectivity index (χ0) is 28.7. The molecule has 0 radical (unpaired) electrons. The summed E-state index contributed by atoms with van der Waals surface area (Å²) >= 11 is 6.36. The molecule has 11 nitrogen and oxygen atoms in total. The molecule has 0 spiro atoms. The van der Waals surface area contributed by atoms with Crippen LogP contribution in [0.25, 0.3) is 5.65 Å². The Hall–Kier alpha value is -3.57. The summed E-state index contributed by atoms with van der Waals surface area (Å²) in [6.45, 7) is 6.35. The van der Waals surface area contributed by atoms with Gasteiger partial charge in [-0.05, 0) is 44.5 Å². The maximum atomic E-state index is 14.0. The number of nitrogens with zero attached hydrogens (tertiary/aromatic N) is 7. The average molecular weight is 581 g/mol. The van der Waals surface area contributed by atoms with Gasteiger partial charge in [0.25, 0.3) is 5.91 Å². The molecule has 3 aliphatic rings. The van der Waals surface area contributed by atoms with Crippen LogP contribution < -0.4 is 19.9 Å². The lowest BCUT2D eigenvalue weighted by molar-refractivity contribution is -0.119. The molecule has 1 aromatic carbocycles. The molecule has 2 amide bonds. The van der Waals surface area contributed by atoms with Crippen LogP contribution in [0.3, 0.4) is 0 Å². The monoisotopic (exact) mass is 580 g/mol. The van der Waals surface area contributed by atoms with Gasteiger partial charge in [0.1, 0.15) is 24.0 Å². The van der Waals surface area contributed by atoms with E-state index < -0.39 is 0 Å². The summed E-state index contributed by atoms with van der Waals surface area (Å²) in [5, 5.41) is 8.54. The summed E-state index contributed by atoms with van der Waals surface area (Å²) in [4.78, 5) is 39.0. The van der Waals surface area contributed by atoms with Gasteiger partial charge >= 0.3 is 0 Å². The van der Waals surface area contributed by atoms with E-state index >= 15 is 0 Å². The van der Waals surface area contributed by atoms with Crippen LogP contribution in [-0.4, -0.2) is 102 Å². The number of anilines is 2. The Morgan fingerprint density at radius 3 is 2.71 bits per heavy atom. The lowest BCUT2D eigenvalue weighted by Crippen LogP contribution is -2.59. The SMILES string of the molecule is CC(=O)NC1CN(c2cc3n4nc(cc4n2)C2CCCCN2C(=O)c2cc(Cl)ccc2OCCN(C)CCN3C)C1. The van der Waals surface area contributed by atoms with Crippen molar-refractivity contribution in [2.45, 2.75) is 38.3 Å². The molecule has 6 rings (SSSR count). The fourth-order valence-corrected chi connectivity index (χ4v) is 6.07. The first-order chi connectivity index (χ1) is 19.8. The molecule has 1 N–H and O–H groups in total. The van der Waals surface area contributed by atoms with Gasteiger partial charge in [0.2, 0.25) is 5.91 Å². The highest BCUT2D eigenvalue weighted by atomic mass is 35.5. The van der Waals surface area contributed by atoms with Crippen molar-refractivity contribution in [3.8, 4) is 5.75 Å². The number of benzene rings is 1. The number of fused-ring (bicyclic) bond motifs is 4. The number of halogens is 1. The van der Waals surface area contributed by atoms with Crippen LogP contribution in [0.2, 0.25) is 5.02 Å². The third-order valence-electron chi connectivity index (χ3n) is 8.24. The fourth-order valence-electron chi connectivity index (χ4n) is 5.90. The quantitative estimate of drug-likeness (QED) is 0.494. The van der Waals surface area contributed by atoms with E-state index in [0.717, 1.165) is 55.3 Å². The van der Waals surface area contributed by atoms with E-state index in [0.29, 0.717) is 49.1 Å². The fraction of sp³-hybridized carbons (Fsp3) is 0.517. The average Bonchev–Trinajstić information content (AvgIpc) is 3.37. The highest BCUT2D eigenvalue weighted by Gasteiger charge is 2.34. The maximum absolute atomic E-state index is 14.0. The molecule has 1 atom stereocenters. The highest BCUT2D eigenvalue weighted by molar-refractivity contribution is 6.31. The standard InChI is InChI=1S/C29H37ClN8O3/c1-19(39)31-21-17-36(18-21)26-16-28-35(3)11-10-34(2)12-13-41-25-8-7-20(30)14-22(25)29(40)37-9-5-4-6-24(37)23-15-27(32-26)38(28)33-23/h7-8,14-16,21,24H,4-6,9-13,17-18H2,1-3H3,(H,31,39). The normalized spacial score (nSPS) is 20.9. The number of ether oxygens (including phenoxy) is 1. The predicted molar refractivity (Wildman–Crippen MR) is 158 cm³/mol. The van der Waals surface area contributed by atoms with Gasteiger partial charge in [-0.1, -0.05) is 11.6 Å². The third kappa shape index (κ3) is 5.65. The molecule has 12 heteroatoms. The second-order valence-corrected chi connectivity index (χ2v) is 11.8. The van der Waals surface area contributed by atoms with Crippen molar-refractivity contribution in [3.05, 3.63) is 46.6 Å². The zero-order valence-electron chi connectivity index (χ0n) is 23.8. The number of aromatic nitrogens is 3. The molecule has 3 aromatic rings. The van der Waals surface area contributed by atoms with E-state index in [1.165, 1.54) is 0 Å². The lowest BCUT2D eigenvalue weighted by atomic mass is 9.98. The molecule has 218 valence electrons. The number of likely N-dealkylation sites (N-methyl/N-ethyl adjacent to an activating group) is 2. The second kappa shape index (κ2) is 11.4. The van der Waals surface area contributed by atoms with E-state index in [1.54, 1.807) is 25.1 Å². The summed E-state index contributed by atoms with van der Waals surface area (Å²) in [5.74, 6) is 2.22. The van der Waals surface area contributed by atoms with Gasteiger partial charge in [0.15, 0.2) is 5.65 Å². The lowest BCUT2D eigenvalue weighted by Gasteiger charge is -2.40. The van der Waals surface area contributed by atoms with Crippen molar-refractivity contribution in [1.29, 1.82) is 0 Å². The Morgan fingerprint density at radius 2 is 1.90 bits per heavy atom. The molecule has 2 aromatic heterocycles. The molecule has 0 aliphatic carbocycles. The molecule has 1 unspecified atom stereocenters. The van der Waals surface area contributed by atoms with Crippen LogP contribution in [0.1, 0.15) is 48.3 Å². The van der Waals surface area contributed by atoms with Gasteiger partial charge in [0, 0.05) is 70.4 Å². The minimum Gasteiger partial charge on any atom is -0.491 e. The molecular weight excluding hydrogens is 544 g/mol. The summed E-state index contributed by atoms with van der Waals surface area (Å²) in [7, 11) is 4.13. The smallest absolute Gasteiger partial charge is 0.258 e. The number of amides is 2. The molecule has 3 aliphatic heterocycles. The summed E-state index contributed by atoms with van der Waals surface area (Å²) in [6, 6.07) is 9.30. The van der Waals surface area contributed by atoms with Crippen molar-refractivity contribution in [3.63, 3.8) is 0 Å². The molecule has 2 fully saturated rings. The van der Waals surface area contributed by atoms with Gasteiger partial charge < -0.3 is 29.7 Å². The predicted octanol–water partition coefficient (Wildman–Crippen LogP) is 2.84. The first-order valence-corrected chi connectivity index (χ1v) is 14.7. The number of carbonyl (C=O) groups excluding carboxylic acids is 2. The van der Waals surface area contributed by atoms with E-state index in [9.17, 15) is 9.59 Å². The number of carbonyl (C=O) groups is 2. The van der Waals surface area contributed by atoms with Crippen LogP contribution in [0.15, 0.2) is 30.3 Å². The number of rotatable bonds is 2. The van der Waals surface area contributed by atoms with Crippen molar-refractivity contribution < 1.29 is 14.3 Å². The first kappa shape index (κ1) is 27.6. The molecular formula is C29H37ClN8O3. The summed E-state index contributed by atoms with van der Waals surface area (Å²) in [6.07, 6.45) is 2.76. The number of hydrogen-bond acceptors (Lipinski definition) is 8. The van der Waals surface area contributed by atoms with Gasteiger partial charge in [-0.15, -0.1) is 0 Å². The van der Waals surface area contributed by atoms with E-state index in [-0.39, 0.29) is 23.9 Å². The molecule has 2 saturated heterocycles. The van der Waals surface area contributed by atoms with Crippen LogP contribution in [0.4, 0.5) is 11.6 Å². The van der Waals surface area contributed by atoms with Crippen LogP contribution >= 0.6 is 11.6 Å². The van der Waals surface area contributed by atoms with E-state index in [4.69, 9.17) is 26.4 Å². The van der Waals surface area contributed by atoms with Crippen molar-refractivity contribution in [1.82, 2.24) is 29.7 Å². The zero-order valence-corrected chi connectivity index (χ0v) is 24.6. The van der Waals surface area contributed by atoms with Crippen LogP contribution in [0.5, 0.6) is 5.75 Å². The first-order valence-electron chi connectivity index (χ1n) is 14.3. The molecule has 5 heterocycles. The van der Waals surface area contributed by atoms with Crippen molar-refractivity contribution in [2.24, 2.45) is 0 Å².